The molecule has 0 saturated heterocycles. The van der Waals surface area contributed by atoms with Crippen LogP contribution in [0, 0.1) is 0 Å². The molecule has 0 amide bonds. The monoisotopic (exact) mass is 1720 g/mol. The molecule has 0 fully saturated rings. The third-order valence-electron chi connectivity index (χ3n) is 26.2. The number of para-hydroxylation sites is 1. The number of fused-ring (bicyclic) bond motifs is 18. The van der Waals surface area contributed by atoms with Crippen LogP contribution in [0.1, 0.15) is 0 Å². The van der Waals surface area contributed by atoms with Gasteiger partial charge in [-0.2, -0.15) is 0 Å². The first kappa shape index (κ1) is 77.6. The first-order chi connectivity index (χ1) is 67.0. The van der Waals surface area contributed by atoms with E-state index in [-0.39, 0.29) is 0 Å². The Hall–Kier alpha value is -18.5. The summed E-state index contributed by atoms with van der Waals surface area (Å²) in [6.45, 7) is 0. The minimum absolute atomic E-state index is 0.632. The van der Waals surface area contributed by atoms with Gasteiger partial charge >= 0.3 is 0 Å². The molecule has 9 aromatic heterocycles. The molecule has 0 atom stereocenters. The van der Waals surface area contributed by atoms with E-state index in [1.54, 1.807) is 0 Å². The number of nitrogens with zero attached hydrogens (tertiary/aromatic N) is 14. The molecule has 3 aliphatic rings. The van der Waals surface area contributed by atoms with Crippen molar-refractivity contribution in [2.45, 2.75) is 0 Å². The molecule has 0 spiro atoms. The Kier molecular flexibility index (Phi) is 18.6. The largest absolute Gasteiger partial charge is 0.316 e. The van der Waals surface area contributed by atoms with Gasteiger partial charge in [-0.15, -0.1) is 0 Å². The van der Waals surface area contributed by atoms with E-state index in [0.717, 1.165) is 150 Å². The molecule has 0 unspecified atom stereocenters. The van der Waals surface area contributed by atoms with Crippen LogP contribution in [0.15, 0.2) is 450 Å². The van der Waals surface area contributed by atoms with Crippen molar-refractivity contribution in [1.29, 1.82) is 0 Å². The fraction of sp³-hybridized carbons (Fsp3) is 0. The van der Waals surface area contributed by atoms with E-state index in [2.05, 4.69) is 305 Å². The van der Waals surface area contributed by atoms with Crippen molar-refractivity contribution in [3.63, 3.8) is 0 Å². The van der Waals surface area contributed by atoms with Crippen molar-refractivity contribution in [2.75, 3.05) is 0 Å². The van der Waals surface area contributed by atoms with E-state index in [4.69, 9.17) is 54.8 Å². The average Bonchev–Trinajstić information content (AvgIpc) is 1.57. The molecule has 14 heteroatoms. The summed E-state index contributed by atoms with van der Waals surface area (Å²) in [7, 11) is 0. The lowest BCUT2D eigenvalue weighted by Crippen LogP contribution is -2.02. The Bertz CT molecular complexity index is 9000. The molecule has 3 aliphatic carbocycles. The summed E-state index contributed by atoms with van der Waals surface area (Å²) in [5, 5.41) is 9.13. The topological polar surface area (TPSA) is 157 Å². The van der Waals surface area contributed by atoms with Crippen molar-refractivity contribution in [3.05, 3.63) is 450 Å². The van der Waals surface area contributed by atoms with E-state index < -0.39 is 0 Å². The van der Waals surface area contributed by atoms with E-state index >= 15 is 0 Å². The molecule has 0 aliphatic heterocycles. The van der Waals surface area contributed by atoms with E-state index in [9.17, 15) is 0 Å². The van der Waals surface area contributed by atoms with Crippen molar-refractivity contribution in [1.82, 2.24) is 68.5 Å². The number of pyridine rings is 3. The molecular weight excluding hydrogens is 1650 g/mol. The summed E-state index contributed by atoms with van der Waals surface area (Å²) in [6, 6.07) is 143. The third kappa shape index (κ3) is 13.3. The van der Waals surface area contributed by atoms with Crippen LogP contribution in [0.3, 0.4) is 0 Å². The van der Waals surface area contributed by atoms with Crippen LogP contribution in [0.4, 0.5) is 0 Å². The molecule has 0 saturated carbocycles. The van der Waals surface area contributed by atoms with Gasteiger partial charge in [-0.3, -0.25) is 19.5 Å². The summed E-state index contributed by atoms with van der Waals surface area (Å²) in [5.74, 6) is 4.50. The highest BCUT2D eigenvalue weighted by atomic mass is 15.2. The second-order valence-corrected chi connectivity index (χ2v) is 33.9. The second kappa shape index (κ2) is 32.3. The van der Waals surface area contributed by atoms with Gasteiger partial charge in [0.15, 0.2) is 34.9 Å². The van der Waals surface area contributed by atoms with Gasteiger partial charge in [-0.05, 0) is 151 Å². The van der Waals surface area contributed by atoms with Crippen LogP contribution in [-0.2, 0) is 0 Å². The molecule has 0 radical (unpaired) electrons. The molecule has 0 N–H and O–H groups in total. The molecule has 14 nitrogen and oxygen atoms in total. The lowest BCUT2D eigenvalue weighted by Gasteiger charge is -2.15. The third-order valence-corrected chi connectivity index (χ3v) is 26.2. The maximum Gasteiger partial charge on any atom is 0.235 e. The molecule has 628 valence electrons. The fourth-order valence-corrected chi connectivity index (χ4v) is 20.1. The Morgan fingerprint density at radius 2 is 0.533 bits per heavy atom. The zero-order valence-corrected chi connectivity index (χ0v) is 72.5. The predicted octanol–water partition coefficient (Wildman–Crippen LogP) is 29.3. The molecule has 135 heavy (non-hydrogen) atoms. The summed E-state index contributed by atoms with van der Waals surface area (Å²) >= 11 is 0. The van der Waals surface area contributed by atoms with Crippen molar-refractivity contribution < 1.29 is 0 Å². The smallest absolute Gasteiger partial charge is 0.235 e. The first-order valence-corrected chi connectivity index (χ1v) is 45.2. The Morgan fingerprint density at radius 1 is 0.178 bits per heavy atom. The summed E-state index contributed by atoms with van der Waals surface area (Å²) in [5.41, 5.74) is 34.7. The zero-order valence-electron chi connectivity index (χ0n) is 72.5. The summed E-state index contributed by atoms with van der Waals surface area (Å²) < 4.78 is 6.72. The van der Waals surface area contributed by atoms with Crippen molar-refractivity contribution in [2.24, 2.45) is 0 Å². The highest BCUT2D eigenvalue weighted by Gasteiger charge is 2.31. The van der Waals surface area contributed by atoms with Gasteiger partial charge in [0.05, 0.1) is 50.5 Å². The Morgan fingerprint density at radius 3 is 1.03 bits per heavy atom. The Balaban J connectivity index is 0.000000107. The van der Waals surface area contributed by atoms with Gasteiger partial charge < -0.3 is 9.13 Å². The molecule has 25 aromatic rings. The van der Waals surface area contributed by atoms with Gasteiger partial charge in [-0.1, -0.05) is 328 Å². The fourth-order valence-electron chi connectivity index (χ4n) is 20.1. The van der Waals surface area contributed by atoms with Gasteiger partial charge in [0.1, 0.15) is 0 Å². The van der Waals surface area contributed by atoms with Gasteiger partial charge in [0.2, 0.25) is 5.95 Å². The van der Waals surface area contributed by atoms with Crippen LogP contribution < -0.4 is 0 Å². The van der Waals surface area contributed by atoms with Crippen molar-refractivity contribution in [3.8, 4) is 197 Å². The van der Waals surface area contributed by atoms with Crippen LogP contribution in [-0.4, -0.2) is 68.5 Å². The van der Waals surface area contributed by atoms with E-state index in [0.29, 0.717) is 40.9 Å². The molecular formula is C121H74N14. The highest BCUT2D eigenvalue weighted by molar-refractivity contribution is 6.17. The van der Waals surface area contributed by atoms with Gasteiger partial charge in [-0.25, -0.2) is 39.9 Å². The predicted molar refractivity (Wildman–Crippen MR) is 546 cm³/mol. The zero-order chi connectivity index (χ0) is 89.0. The molecule has 9 heterocycles. The molecule has 0 bridgehead atoms. The summed E-state index contributed by atoms with van der Waals surface area (Å²) in [6.07, 6.45) is 12.3. The van der Waals surface area contributed by atoms with Crippen molar-refractivity contribution >= 4 is 65.2 Å². The van der Waals surface area contributed by atoms with Crippen LogP contribution in [0.5, 0.6) is 0 Å². The van der Waals surface area contributed by atoms with E-state index in [1.807, 2.05) is 158 Å². The molecule has 16 aromatic carbocycles. The highest BCUT2D eigenvalue weighted by Crippen LogP contribution is 2.53. The van der Waals surface area contributed by atoms with Crippen LogP contribution in [0.25, 0.3) is 263 Å². The van der Waals surface area contributed by atoms with Crippen LogP contribution in [0.2, 0.25) is 0 Å². The van der Waals surface area contributed by atoms with Gasteiger partial charge in [0, 0.05) is 142 Å². The number of aromatic nitrogens is 14. The minimum atomic E-state index is 0.632. The van der Waals surface area contributed by atoms with Crippen LogP contribution >= 0.6 is 0 Å². The quantitative estimate of drug-likeness (QED) is 0.128. The van der Waals surface area contributed by atoms with Gasteiger partial charge in [0.25, 0.3) is 0 Å². The standard InChI is InChI=1S/2C44H27N5.C33H20N4/c1-3-13-28(14-4-1)42-46-43(29-15-5-2-6-16-29)48-44(47-42)36-24-25-38(33-20-10-9-19-32(33)36)49-27-37-40-34(21-11-23-39(40)49)30-17-7-8-18-31(30)35-22-12-26-45-41(35)37;1-2-11-29(12-3-1)42-46-43(48-44(47-42)32-20-19-28-10-4-5-13-31(28)26-32)30-21-23-33(24-22-30)49-27-38-40-36(16-8-18-39(40)49)34-14-6-7-15-35(34)37-17-9-25-45-41(37)38;1-2-10-21(11-3-1)31-26-14-6-7-17-28(26)35-33(36-31)37-20-27-30-24(15-8-18-29(30)37)22-12-4-5-13-23(22)25-16-9-19-34-32(25)27/h2*1-27H;1-20H. The number of hydrogen-bond acceptors (Lipinski definition) is 11. The number of benzene rings is 16. The summed E-state index contributed by atoms with van der Waals surface area (Å²) in [4.78, 5) is 54.9. The number of rotatable bonds is 10. The minimum Gasteiger partial charge on any atom is -0.316 e. The maximum atomic E-state index is 5.14. The first-order valence-electron chi connectivity index (χ1n) is 45.2. The average molecular weight is 1720 g/mol. The second-order valence-electron chi connectivity index (χ2n) is 33.9. The number of hydrogen-bond donors (Lipinski definition) is 0. The van der Waals surface area contributed by atoms with E-state index in [1.165, 1.54) is 71.6 Å². The maximum absolute atomic E-state index is 5.14. The lowest BCUT2D eigenvalue weighted by molar-refractivity contribution is 0.984. The normalized spacial score (nSPS) is 11.7. The lowest BCUT2D eigenvalue weighted by atomic mass is 9.95. The Labute approximate surface area is 775 Å². The molecule has 28 rings (SSSR count). The SMILES string of the molecule is c1ccc(-c2nc(-c3ccc(-n4cc5c6c(cccc64)-c4ccccc4-c4cccnc4-5)cc3)nc(-c3ccc4ccccc4c3)n2)cc1.c1ccc(-c2nc(-c3ccccc3)nc(-c3ccc(-n4cc5c6c(cccc64)-c4ccccc4-c4cccnc4-5)c4ccccc34)n2)cc1.c1ccc(-c2nc(-n3cc4c5c(cccc53)-c3ccccc3-c3cccnc3-4)nc3ccccc23)cc1.